The Morgan fingerprint density at radius 1 is 1.22 bits per heavy atom. The van der Waals surface area contributed by atoms with Crippen LogP contribution in [0.5, 0.6) is 5.75 Å². The highest BCUT2D eigenvalue weighted by Gasteiger charge is 2.26. The van der Waals surface area contributed by atoms with Crippen LogP contribution in [0.25, 0.3) is 5.57 Å². The second-order valence-electron chi connectivity index (χ2n) is 7.29. The van der Waals surface area contributed by atoms with E-state index in [2.05, 4.69) is 28.2 Å². The number of hydrogen-bond acceptors (Lipinski definition) is 5. The lowest BCUT2D eigenvalue weighted by Crippen LogP contribution is -2.18. The third kappa shape index (κ3) is 3.72. The van der Waals surface area contributed by atoms with Crippen molar-refractivity contribution in [1.29, 1.82) is 0 Å². The summed E-state index contributed by atoms with van der Waals surface area (Å²) in [6.07, 6.45) is 6.01. The molecule has 1 aliphatic heterocycles. The quantitative estimate of drug-likeness (QED) is 0.763. The molecule has 0 bridgehead atoms. The molecule has 5 nitrogen and oxygen atoms in total. The maximum absolute atomic E-state index is 12.4. The summed E-state index contributed by atoms with van der Waals surface area (Å²) in [4.78, 5) is 6.30. The number of rotatable bonds is 6. The molecule has 142 valence electrons. The van der Waals surface area contributed by atoms with Crippen LogP contribution in [0.2, 0.25) is 0 Å². The number of pyridine rings is 1. The minimum atomic E-state index is -3.39. The van der Waals surface area contributed by atoms with Gasteiger partial charge in [0.15, 0.2) is 14.9 Å². The Morgan fingerprint density at radius 3 is 2.74 bits per heavy atom. The Kier molecular flexibility index (Phi) is 4.68. The van der Waals surface area contributed by atoms with Gasteiger partial charge in [-0.2, -0.15) is 0 Å². The topological polar surface area (TPSA) is 59.5 Å². The van der Waals surface area contributed by atoms with E-state index in [9.17, 15) is 8.42 Å². The lowest BCUT2D eigenvalue weighted by Gasteiger charge is -2.27. The van der Waals surface area contributed by atoms with Crippen LogP contribution in [0.1, 0.15) is 36.5 Å². The summed E-state index contributed by atoms with van der Waals surface area (Å²) >= 11 is 0. The van der Waals surface area contributed by atoms with Gasteiger partial charge in [0.2, 0.25) is 0 Å². The standard InChI is InChI=1S/C21H24N2O3S/c1-3-27(24,25)21-10-18(20(11-22-21)26-14-15-8-9-15)19-13-23(2)12-16-6-4-5-7-17(16)19/h4-7,10-11,13,15H,3,8-9,12,14H2,1-2H3. The molecule has 1 saturated carbocycles. The maximum Gasteiger partial charge on any atom is 0.195 e. The van der Waals surface area contributed by atoms with E-state index in [1.54, 1.807) is 19.2 Å². The zero-order valence-corrected chi connectivity index (χ0v) is 16.5. The van der Waals surface area contributed by atoms with Gasteiger partial charge in [-0.1, -0.05) is 31.2 Å². The van der Waals surface area contributed by atoms with Crippen molar-refractivity contribution in [3.63, 3.8) is 0 Å². The average Bonchev–Trinajstić information content (AvgIpc) is 3.50. The van der Waals surface area contributed by atoms with Crippen molar-refractivity contribution < 1.29 is 13.2 Å². The molecule has 1 fully saturated rings. The Labute approximate surface area is 160 Å². The predicted octanol–water partition coefficient (Wildman–Crippen LogP) is 3.50. The highest BCUT2D eigenvalue weighted by atomic mass is 32.2. The van der Waals surface area contributed by atoms with E-state index < -0.39 is 9.84 Å². The van der Waals surface area contributed by atoms with Gasteiger partial charge in [-0.3, -0.25) is 0 Å². The summed E-state index contributed by atoms with van der Waals surface area (Å²) in [7, 11) is -1.37. The van der Waals surface area contributed by atoms with E-state index in [1.807, 2.05) is 19.2 Å². The van der Waals surface area contributed by atoms with Gasteiger partial charge in [0, 0.05) is 30.9 Å². The van der Waals surface area contributed by atoms with Crippen molar-refractivity contribution in [2.24, 2.45) is 5.92 Å². The van der Waals surface area contributed by atoms with E-state index >= 15 is 0 Å². The van der Waals surface area contributed by atoms with Crippen molar-refractivity contribution >= 4 is 15.4 Å². The fourth-order valence-corrected chi connectivity index (χ4v) is 4.11. The van der Waals surface area contributed by atoms with Crippen LogP contribution < -0.4 is 4.74 Å². The molecule has 2 aliphatic rings. The first kappa shape index (κ1) is 18.0. The molecular formula is C21H24N2O3S. The zero-order chi connectivity index (χ0) is 19.0. The average molecular weight is 385 g/mol. The molecule has 4 rings (SSSR count). The lowest BCUT2D eigenvalue weighted by molar-refractivity contribution is 0.297. The van der Waals surface area contributed by atoms with Crippen LogP contribution in [-0.2, 0) is 16.4 Å². The zero-order valence-electron chi connectivity index (χ0n) is 15.7. The van der Waals surface area contributed by atoms with Gasteiger partial charge in [0.05, 0.1) is 18.6 Å². The van der Waals surface area contributed by atoms with Gasteiger partial charge in [-0.25, -0.2) is 13.4 Å². The molecule has 2 aromatic rings. The molecule has 0 unspecified atom stereocenters. The Hall–Kier alpha value is -2.34. The molecule has 1 aromatic carbocycles. The smallest absolute Gasteiger partial charge is 0.195 e. The van der Waals surface area contributed by atoms with Crippen LogP contribution in [0, 0.1) is 5.92 Å². The molecule has 6 heteroatoms. The van der Waals surface area contributed by atoms with Crippen LogP contribution in [0.15, 0.2) is 47.8 Å². The normalized spacial score (nSPS) is 16.7. The van der Waals surface area contributed by atoms with Gasteiger partial charge >= 0.3 is 0 Å². The Morgan fingerprint density at radius 2 is 2.00 bits per heavy atom. The van der Waals surface area contributed by atoms with E-state index in [0.717, 1.165) is 23.2 Å². The molecule has 0 N–H and O–H groups in total. The van der Waals surface area contributed by atoms with Crippen molar-refractivity contribution in [1.82, 2.24) is 9.88 Å². The number of nitrogens with zero attached hydrogens (tertiary/aromatic N) is 2. The summed E-state index contributed by atoms with van der Waals surface area (Å²) < 4.78 is 30.8. The highest BCUT2D eigenvalue weighted by Crippen LogP contribution is 2.38. The number of hydrogen-bond donors (Lipinski definition) is 0. The monoisotopic (exact) mass is 384 g/mol. The van der Waals surface area contributed by atoms with Crippen LogP contribution in [-0.4, -0.2) is 37.7 Å². The van der Waals surface area contributed by atoms with Crippen molar-refractivity contribution in [3.05, 3.63) is 59.4 Å². The van der Waals surface area contributed by atoms with Gasteiger partial charge < -0.3 is 9.64 Å². The molecule has 0 saturated heterocycles. The second kappa shape index (κ2) is 7.00. The van der Waals surface area contributed by atoms with Gasteiger partial charge in [-0.05, 0) is 36.0 Å². The first-order valence-electron chi connectivity index (χ1n) is 9.34. The number of benzene rings is 1. The summed E-state index contributed by atoms with van der Waals surface area (Å²) in [6.45, 7) is 3.11. The first-order chi connectivity index (χ1) is 13.0. The molecule has 2 heterocycles. The summed E-state index contributed by atoms with van der Waals surface area (Å²) in [6, 6.07) is 9.89. The number of ether oxygens (including phenoxy) is 1. The summed E-state index contributed by atoms with van der Waals surface area (Å²) in [5.74, 6) is 1.28. The minimum absolute atomic E-state index is 0.0251. The number of sulfone groups is 1. The third-order valence-corrected chi connectivity index (χ3v) is 6.70. The molecule has 0 amide bonds. The molecule has 0 atom stereocenters. The lowest BCUT2D eigenvalue weighted by atomic mass is 9.92. The molecular weight excluding hydrogens is 360 g/mol. The highest BCUT2D eigenvalue weighted by molar-refractivity contribution is 7.91. The predicted molar refractivity (Wildman–Crippen MR) is 105 cm³/mol. The van der Waals surface area contributed by atoms with Crippen molar-refractivity contribution in [2.75, 3.05) is 19.4 Å². The molecule has 0 spiro atoms. The molecule has 1 aliphatic carbocycles. The molecule has 27 heavy (non-hydrogen) atoms. The minimum Gasteiger partial charge on any atom is -0.491 e. The Bertz CT molecular complexity index is 994. The second-order valence-corrected chi connectivity index (χ2v) is 9.52. The van der Waals surface area contributed by atoms with Crippen LogP contribution >= 0.6 is 0 Å². The van der Waals surface area contributed by atoms with Gasteiger partial charge in [0.1, 0.15) is 5.75 Å². The number of aromatic nitrogens is 1. The van der Waals surface area contributed by atoms with Crippen LogP contribution in [0.4, 0.5) is 0 Å². The van der Waals surface area contributed by atoms with E-state index in [4.69, 9.17) is 4.74 Å². The molecule has 1 aromatic heterocycles. The van der Waals surface area contributed by atoms with Crippen LogP contribution in [0.3, 0.4) is 0 Å². The fourth-order valence-electron chi connectivity index (χ4n) is 3.30. The van der Waals surface area contributed by atoms with Crippen molar-refractivity contribution in [3.8, 4) is 5.75 Å². The van der Waals surface area contributed by atoms with E-state index in [0.29, 0.717) is 18.3 Å². The maximum atomic E-state index is 12.4. The number of fused-ring (bicyclic) bond motifs is 1. The SMILES string of the molecule is CCS(=O)(=O)c1cc(C2=CN(C)Cc3ccccc32)c(OCC2CC2)cn1. The third-order valence-electron chi connectivity index (χ3n) is 5.08. The largest absolute Gasteiger partial charge is 0.491 e. The van der Waals surface area contributed by atoms with Crippen molar-refractivity contribution in [2.45, 2.75) is 31.3 Å². The molecule has 0 radical (unpaired) electrons. The van der Waals surface area contributed by atoms with Gasteiger partial charge in [0.25, 0.3) is 0 Å². The summed E-state index contributed by atoms with van der Waals surface area (Å²) in [5.41, 5.74) is 4.08. The first-order valence-corrected chi connectivity index (χ1v) is 11.0. The Balaban J connectivity index is 1.84. The fraction of sp³-hybridized carbons (Fsp3) is 0.381. The van der Waals surface area contributed by atoms with E-state index in [-0.39, 0.29) is 10.8 Å². The van der Waals surface area contributed by atoms with Gasteiger partial charge in [-0.15, -0.1) is 0 Å². The summed E-state index contributed by atoms with van der Waals surface area (Å²) in [5, 5.41) is 0.102. The van der Waals surface area contributed by atoms with E-state index in [1.165, 1.54) is 18.4 Å².